The first-order chi connectivity index (χ1) is 29.0. The van der Waals surface area contributed by atoms with E-state index in [0.29, 0.717) is 0 Å². The lowest BCUT2D eigenvalue weighted by molar-refractivity contribution is 0.661. The molecule has 1 aliphatic rings. The summed E-state index contributed by atoms with van der Waals surface area (Å²) in [5.41, 5.74) is 18.9. The van der Waals surface area contributed by atoms with Crippen LogP contribution >= 0.6 is 0 Å². The molecule has 0 atom stereocenters. The van der Waals surface area contributed by atoms with Gasteiger partial charge < -0.3 is 9.80 Å². The first-order valence-electron chi connectivity index (χ1n) is 20.4. The molecule has 0 unspecified atom stereocenters. The average molecular weight is 757 g/mol. The zero-order valence-electron chi connectivity index (χ0n) is 33.3. The molecular formula is C57H44N2. The molecule has 0 saturated carbocycles. The van der Waals surface area contributed by atoms with E-state index < -0.39 is 0 Å². The quantitative estimate of drug-likeness (QED) is 0.145. The van der Waals surface area contributed by atoms with Gasteiger partial charge in [-0.25, -0.2) is 0 Å². The average Bonchev–Trinajstić information content (AvgIpc) is 3.54. The van der Waals surface area contributed by atoms with Crippen LogP contribution in [-0.4, -0.2) is 0 Å². The molecule has 0 amide bonds. The topological polar surface area (TPSA) is 6.48 Å². The molecule has 2 heteroatoms. The van der Waals surface area contributed by atoms with E-state index in [0.717, 1.165) is 34.0 Å². The molecule has 9 aromatic rings. The standard InChI is InChI=1S/C57H44N2/c1-57(2)54-26-16-15-25-52(54)53-40-39-51(56(55(53)57)59(47-23-13-6-14-24-47)50-35-29-44(30-36-50)42-19-9-4-10-20-42)45-31-37-49(38-32-45)58(46-21-11-5-12-22-46)48-33-27-43(28-34-48)41-17-7-3-8-18-41/h3-40H,1-2H3. The Morgan fingerprint density at radius 2 is 0.627 bits per heavy atom. The SMILES string of the molecule is CC1(C)c2ccccc2-c2ccc(-c3ccc(N(c4ccccc4)c4ccc(-c5ccccc5)cc4)cc3)c(N(c3ccccc3)c3ccc(-c4ccccc4)cc3)c21. The molecule has 9 aromatic carbocycles. The third kappa shape index (κ3) is 6.59. The lowest BCUT2D eigenvalue weighted by atomic mass is 9.79. The van der Waals surface area contributed by atoms with Crippen molar-refractivity contribution in [2.75, 3.05) is 9.80 Å². The molecule has 59 heavy (non-hydrogen) atoms. The number of nitrogens with zero attached hydrogens (tertiary/aromatic N) is 2. The van der Waals surface area contributed by atoms with Gasteiger partial charge in [0.15, 0.2) is 0 Å². The monoisotopic (exact) mass is 756 g/mol. The lowest BCUT2D eigenvalue weighted by Crippen LogP contribution is -2.21. The number of anilines is 6. The van der Waals surface area contributed by atoms with E-state index in [4.69, 9.17) is 0 Å². The van der Waals surface area contributed by atoms with E-state index in [1.165, 1.54) is 55.8 Å². The van der Waals surface area contributed by atoms with E-state index >= 15 is 0 Å². The summed E-state index contributed by atoms with van der Waals surface area (Å²) in [6.07, 6.45) is 0. The second-order valence-corrected chi connectivity index (χ2v) is 15.8. The second-order valence-electron chi connectivity index (χ2n) is 15.8. The van der Waals surface area contributed by atoms with E-state index in [9.17, 15) is 0 Å². The number of benzene rings is 9. The van der Waals surface area contributed by atoms with Crippen molar-refractivity contribution < 1.29 is 0 Å². The first-order valence-corrected chi connectivity index (χ1v) is 20.4. The Morgan fingerprint density at radius 3 is 1.14 bits per heavy atom. The highest BCUT2D eigenvalue weighted by molar-refractivity contribution is 5.98. The first kappa shape index (κ1) is 36.0. The normalized spacial score (nSPS) is 12.4. The lowest BCUT2D eigenvalue weighted by Gasteiger charge is -2.34. The maximum atomic E-state index is 2.48. The summed E-state index contributed by atoms with van der Waals surface area (Å²) in [7, 11) is 0. The van der Waals surface area contributed by atoms with Crippen LogP contribution in [0.3, 0.4) is 0 Å². The summed E-state index contributed by atoms with van der Waals surface area (Å²) in [6.45, 7) is 4.77. The van der Waals surface area contributed by atoms with Gasteiger partial charge in [0.1, 0.15) is 0 Å². The number of fused-ring (bicyclic) bond motifs is 3. The predicted octanol–water partition coefficient (Wildman–Crippen LogP) is 15.9. The zero-order valence-corrected chi connectivity index (χ0v) is 33.3. The predicted molar refractivity (Wildman–Crippen MR) is 250 cm³/mol. The molecule has 0 spiro atoms. The molecule has 10 rings (SSSR count). The van der Waals surface area contributed by atoms with Gasteiger partial charge in [0.05, 0.1) is 5.69 Å². The molecule has 0 heterocycles. The van der Waals surface area contributed by atoms with Crippen LogP contribution in [0.15, 0.2) is 231 Å². The van der Waals surface area contributed by atoms with Gasteiger partial charge in [0, 0.05) is 39.4 Å². The van der Waals surface area contributed by atoms with Gasteiger partial charge in [-0.05, 0) is 111 Å². The van der Waals surface area contributed by atoms with Crippen molar-refractivity contribution in [1.29, 1.82) is 0 Å². The number of hydrogen-bond donors (Lipinski definition) is 0. The van der Waals surface area contributed by atoms with Crippen molar-refractivity contribution in [2.24, 2.45) is 0 Å². The fraction of sp³-hybridized carbons (Fsp3) is 0.0526. The summed E-state index contributed by atoms with van der Waals surface area (Å²) in [5, 5.41) is 0. The van der Waals surface area contributed by atoms with E-state index in [1.807, 2.05) is 0 Å². The van der Waals surface area contributed by atoms with Crippen molar-refractivity contribution in [3.63, 3.8) is 0 Å². The van der Waals surface area contributed by atoms with Crippen molar-refractivity contribution >= 4 is 34.1 Å². The molecule has 282 valence electrons. The molecule has 2 nitrogen and oxygen atoms in total. The number of para-hydroxylation sites is 2. The fourth-order valence-electron chi connectivity index (χ4n) is 8.98. The summed E-state index contributed by atoms with van der Waals surface area (Å²) in [6, 6.07) is 83.4. The third-order valence-corrected chi connectivity index (χ3v) is 11.8. The van der Waals surface area contributed by atoms with Crippen molar-refractivity contribution in [1.82, 2.24) is 0 Å². The molecule has 0 N–H and O–H groups in total. The van der Waals surface area contributed by atoms with Crippen LogP contribution in [0, 0.1) is 0 Å². The number of rotatable bonds is 9. The number of hydrogen-bond acceptors (Lipinski definition) is 2. The van der Waals surface area contributed by atoms with Crippen molar-refractivity contribution in [3.8, 4) is 44.5 Å². The molecule has 0 aliphatic heterocycles. The zero-order chi connectivity index (χ0) is 39.8. The molecule has 0 bridgehead atoms. The Kier molecular flexibility index (Phi) is 9.24. The fourth-order valence-corrected chi connectivity index (χ4v) is 8.98. The molecule has 0 aromatic heterocycles. The molecular weight excluding hydrogens is 713 g/mol. The van der Waals surface area contributed by atoms with Gasteiger partial charge >= 0.3 is 0 Å². The van der Waals surface area contributed by atoms with Crippen LogP contribution in [0.4, 0.5) is 34.1 Å². The Hall–Kier alpha value is -7.42. The Bertz CT molecular complexity index is 2850. The smallest absolute Gasteiger partial charge is 0.0587 e. The Morgan fingerprint density at radius 1 is 0.271 bits per heavy atom. The van der Waals surface area contributed by atoms with Gasteiger partial charge in [-0.2, -0.15) is 0 Å². The van der Waals surface area contributed by atoms with Crippen LogP contribution in [-0.2, 0) is 5.41 Å². The Labute approximate surface area is 347 Å². The summed E-state index contributed by atoms with van der Waals surface area (Å²) in [5.74, 6) is 0. The van der Waals surface area contributed by atoms with Gasteiger partial charge in [-0.1, -0.05) is 184 Å². The van der Waals surface area contributed by atoms with Crippen molar-refractivity contribution in [2.45, 2.75) is 19.3 Å². The maximum Gasteiger partial charge on any atom is 0.0587 e. The third-order valence-electron chi connectivity index (χ3n) is 11.8. The minimum Gasteiger partial charge on any atom is -0.311 e. The van der Waals surface area contributed by atoms with E-state index in [1.54, 1.807) is 0 Å². The van der Waals surface area contributed by atoms with Crippen LogP contribution in [0.2, 0.25) is 0 Å². The molecule has 0 radical (unpaired) electrons. The molecule has 0 saturated heterocycles. The van der Waals surface area contributed by atoms with E-state index in [-0.39, 0.29) is 5.41 Å². The highest BCUT2D eigenvalue weighted by atomic mass is 15.2. The largest absolute Gasteiger partial charge is 0.311 e. The maximum absolute atomic E-state index is 2.48. The van der Waals surface area contributed by atoms with Crippen molar-refractivity contribution in [3.05, 3.63) is 242 Å². The van der Waals surface area contributed by atoms with Gasteiger partial charge in [-0.15, -0.1) is 0 Å². The van der Waals surface area contributed by atoms with E-state index in [2.05, 4.69) is 254 Å². The summed E-state index contributed by atoms with van der Waals surface area (Å²) < 4.78 is 0. The van der Waals surface area contributed by atoms with Gasteiger partial charge in [0.25, 0.3) is 0 Å². The second kappa shape index (κ2) is 15.2. The molecule has 1 aliphatic carbocycles. The highest BCUT2D eigenvalue weighted by Crippen LogP contribution is 2.57. The van der Waals surface area contributed by atoms with Crippen LogP contribution in [0.25, 0.3) is 44.5 Å². The van der Waals surface area contributed by atoms with Gasteiger partial charge in [-0.3, -0.25) is 0 Å². The highest BCUT2D eigenvalue weighted by Gasteiger charge is 2.40. The van der Waals surface area contributed by atoms with Crippen LogP contribution in [0.1, 0.15) is 25.0 Å². The molecule has 0 fully saturated rings. The van der Waals surface area contributed by atoms with Crippen LogP contribution in [0.5, 0.6) is 0 Å². The van der Waals surface area contributed by atoms with Crippen LogP contribution < -0.4 is 9.80 Å². The summed E-state index contributed by atoms with van der Waals surface area (Å²) in [4.78, 5) is 4.82. The summed E-state index contributed by atoms with van der Waals surface area (Å²) >= 11 is 0. The van der Waals surface area contributed by atoms with Gasteiger partial charge in [0.2, 0.25) is 0 Å². The minimum absolute atomic E-state index is 0.246. The minimum atomic E-state index is -0.246. The Balaban J connectivity index is 1.13.